The number of aryl methyl sites for hydroxylation is 1. The molecule has 22 heavy (non-hydrogen) atoms. The first-order valence-electron chi connectivity index (χ1n) is 7.13. The fourth-order valence-electron chi connectivity index (χ4n) is 3.20. The van der Waals surface area contributed by atoms with Gasteiger partial charge in [-0.25, -0.2) is 0 Å². The van der Waals surface area contributed by atoms with Crippen LogP contribution in [0.1, 0.15) is 24.0 Å². The van der Waals surface area contributed by atoms with Crippen LogP contribution in [0.5, 0.6) is 0 Å². The largest absolute Gasteiger partial charge is 0.468 e. The average Bonchev–Trinajstić information content (AvgIpc) is 2.87. The van der Waals surface area contributed by atoms with E-state index in [4.69, 9.17) is 4.74 Å². The molecule has 0 amide bonds. The first kappa shape index (κ1) is 15.0. The summed E-state index contributed by atoms with van der Waals surface area (Å²) >= 11 is 1.26. The van der Waals surface area contributed by atoms with Gasteiger partial charge < -0.3 is 4.74 Å². The molecule has 5 heteroatoms. The Labute approximate surface area is 133 Å². The fraction of sp³-hybridized carbons (Fsp3) is 0.353. The van der Waals surface area contributed by atoms with E-state index in [1.165, 1.54) is 18.9 Å². The molecular formula is C17H17NO3S. The van der Waals surface area contributed by atoms with Crippen LogP contribution in [0.2, 0.25) is 0 Å². The van der Waals surface area contributed by atoms with E-state index in [1.54, 1.807) is 0 Å². The van der Waals surface area contributed by atoms with Crippen LogP contribution in [0, 0.1) is 12.8 Å². The maximum Gasteiger partial charge on any atom is 0.315 e. The summed E-state index contributed by atoms with van der Waals surface area (Å²) in [6.07, 6.45) is 0. The molecule has 0 spiro atoms. The van der Waals surface area contributed by atoms with Crippen molar-refractivity contribution in [3.63, 3.8) is 0 Å². The number of methoxy groups -OCH3 is 1. The first-order valence-corrected chi connectivity index (χ1v) is 8.12. The van der Waals surface area contributed by atoms with E-state index < -0.39 is 5.92 Å². The van der Waals surface area contributed by atoms with Crippen molar-refractivity contribution in [2.24, 2.45) is 10.9 Å². The zero-order valence-electron chi connectivity index (χ0n) is 12.8. The molecule has 3 rings (SSSR count). The van der Waals surface area contributed by atoms with Crippen LogP contribution in [0.25, 0.3) is 0 Å². The summed E-state index contributed by atoms with van der Waals surface area (Å²) in [6.45, 7) is 3.83. The molecule has 1 aromatic rings. The number of esters is 1. The van der Waals surface area contributed by atoms with Crippen molar-refractivity contribution in [3.05, 3.63) is 46.7 Å². The Morgan fingerprint density at radius 3 is 2.73 bits per heavy atom. The number of hydrogen-bond donors (Lipinski definition) is 0. The van der Waals surface area contributed by atoms with E-state index in [9.17, 15) is 9.59 Å². The molecule has 0 aliphatic carbocycles. The highest BCUT2D eigenvalue weighted by Gasteiger charge is 2.44. The lowest BCUT2D eigenvalue weighted by atomic mass is 9.75. The second kappa shape index (κ2) is 5.72. The lowest BCUT2D eigenvalue weighted by Crippen LogP contribution is -2.34. The minimum absolute atomic E-state index is 0.0217. The molecule has 114 valence electrons. The molecule has 0 aromatic heterocycles. The van der Waals surface area contributed by atoms with Crippen LogP contribution in [0.3, 0.4) is 0 Å². The number of aliphatic imine (C=N–C) groups is 1. The third-order valence-electron chi connectivity index (χ3n) is 4.26. The Morgan fingerprint density at radius 2 is 2.05 bits per heavy atom. The van der Waals surface area contributed by atoms with E-state index >= 15 is 0 Å². The van der Waals surface area contributed by atoms with E-state index in [0.29, 0.717) is 17.0 Å². The third kappa shape index (κ3) is 2.29. The molecule has 0 saturated carbocycles. The summed E-state index contributed by atoms with van der Waals surface area (Å²) in [7, 11) is 1.37. The van der Waals surface area contributed by atoms with Crippen LogP contribution >= 0.6 is 11.8 Å². The summed E-state index contributed by atoms with van der Waals surface area (Å²) < 4.78 is 4.97. The number of carbonyl (C=O) groups excluding carboxylic acids is 2. The highest BCUT2D eigenvalue weighted by atomic mass is 32.2. The number of carbonyl (C=O) groups is 2. The lowest BCUT2D eigenvalue weighted by molar-refractivity contribution is -0.143. The van der Waals surface area contributed by atoms with Gasteiger partial charge in [0.25, 0.3) is 0 Å². The minimum atomic E-state index is -0.535. The van der Waals surface area contributed by atoms with Crippen molar-refractivity contribution in [1.82, 2.24) is 0 Å². The van der Waals surface area contributed by atoms with E-state index in [1.807, 2.05) is 38.1 Å². The summed E-state index contributed by atoms with van der Waals surface area (Å²) in [5.74, 6) is -0.594. The third-order valence-corrected chi connectivity index (χ3v) is 5.16. The van der Waals surface area contributed by atoms with Gasteiger partial charge in [-0.05, 0) is 25.0 Å². The fourth-order valence-corrected chi connectivity index (χ4v) is 4.09. The van der Waals surface area contributed by atoms with Gasteiger partial charge in [0.05, 0.1) is 12.8 Å². The van der Waals surface area contributed by atoms with Crippen LogP contribution in [0.15, 0.2) is 40.5 Å². The first-order chi connectivity index (χ1) is 10.5. The monoisotopic (exact) mass is 315 g/mol. The van der Waals surface area contributed by atoms with Crippen molar-refractivity contribution in [3.8, 4) is 0 Å². The standard InChI is InChI=1S/C17H17NO3S/c1-9-6-4-5-7-11(9)14-13(16(19)21-3)10(2)18-12-8-22-17(20)15(12)14/h4-7,13-14H,8H2,1-3H3. The Balaban J connectivity index is 2.20. The van der Waals surface area contributed by atoms with Crippen LogP contribution in [0.4, 0.5) is 0 Å². The minimum Gasteiger partial charge on any atom is -0.468 e. The molecule has 0 bridgehead atoms. The van der Waals surface area contributed by atoms with E-state index in [0.717, 1.165) is 16.8 Å². The van der Waals surface area contributed by atoms with Gasteiger partial charge in [-0.2, -0.15) is 0 Å². The Bertz CT molecular complexity index is 720. The zero-order chi connectivity index (χ0) is 15.9. The maximum absolute atomic E-state index is 12.4. The second-order valence-corrected chi connectivity index (χ2v) is 6.47. The second-order valence-electron chi connectivity index (χ2n) is 5.52. The van der Waals surface area contributed by atoms with Crippen molar-refractivity contribution >= 4 is 28.6 Å². The van der Waals surface area contributed by atoms with Crippen molar-refractivity contribution in [2.45, 2.75) is 19.8 Å². The average molecular weight is 315 g/mol. The number of rotatable bonds is 2. The number of hydrogen-bond acceptors (Lipinski definition) is 5. The molecule has 0 radical (unpaired) electrons. The molecule has 0 N–H and O–H groups in total. The van der Waals surface area contributed by atoms with Gasteiger partial charge in [-0.1, -0.05) is 36.0 Å². The van der Waals surface area contributed by atoms with Gasteiger partial charge in [-0.15, -0.1) is 0 Å². The molecule has 2 unspecified atom stereocenters. The molecule has 4 nitrogen and oxygen atoms in total. The van der Waals surface area contributed by atoms with E-state index in [2.05, 4.69) is 4.99 Å². The molecule has 2 aliphatic rings. The van der Waals surface area contributed by atoms with Gasteiger partial charge >= 0.3 is 5.97 Å². The Hall–Kier alpha value is -1.88. The van der Waals surface area contributed by atoms with E-state index in [-0.39, 0.29) is 17.0 Å². The highest BCUT2D eigenvalue weighted by Crippen LogP contribution is 2.46. The Kier molecular flexibility index (Phi) is 3.91. The maximum atomic E-state index is 12.4. The number of nitrogens with zero attached hydrogens (tertiary/aromatic N) is 1. The quantitative estimate of drug-likeness (QED) is 0.788. The van der Waals surface area contributed by atoms with Gasteiger partial charge in [-0.3, -0.25) is 14.6 Å². The predicted molar refractivity (Wildman–Crippen MR) is 87.0 cm³/mol. The summed E-state index contributed by atoms with van der Waals surface area (Å²) in [6, 6.07) is 7.87. The summed E-state index contributed by atoms with van der Waals surface area (Å²) in [4.78, 5) is 29.2. The molecule has 2 aliphatic heterocycles. The number of ether oxygens (including phenoxy) is 1. The molecule has 2 atom stereocenters. The van der Waals surface area contributed by atoms with Gasteiger partial charge in [0, 0.05) is 23.0 Å². The van der Waals surface area contributed by atoms with Crippen molar-refractivity contribution in [1.29, 1.82) is 0 Å². The van der Waals surface area contributed by atoms with Gasteiger partial charge in [0.1, 0.15) is 5.92 Å². The van der Waals surface area contributed by atoms with Gasteiger partial charge in [0.15, 0.2) is 0 Å². The highest BCUT2D eigenvalue weighted by molar-refractivity contribution is 8.14. The predicted octanol–water partition coefficient (Wildman–Crippen LogP) is 2.87. The van der Waals surface area contributed by atoms with Crippen LogP contribution in [-0.4, -0.2) is 29.7 Å². The Morgan fingerprint density at radius 1 is 1.32 bits per heavy atom. The number of thioether (sulfide) groups is 1. The molecule has 0 fully saturated rings. The smallest absolute Gasteiger partial charge is 0.315 e. The summed E-state index contributed by atoms with van der Waals surface area (Å²) in [5.41, 5.74) is 4.25. The van der Waals surface area contributed by atoms with Crippen LogP contribution < -0.4 is 0 Å². The lowest BCUT2D eigenvalue weighted by Gasteiger charge is -2.30. The topological polar surface area (TPSA) is 55.7 Å². The number of benzene rings is 1. The van der Waals surface area contributed by atoms with Crippen molar-refractivity contribution < 1.29 is 14.3 Å². The van der Waals surface area contributed by atoms with Gasteiger partial charge in [0.2, 0.25) is 5.12 Å². The molecular weight excluding hydrogens is 298 g/mol. The molecule has 2 heterocycles. The SMILES string of the molecule is COC(=O)C1C(C)=NC2=C(C(=O)SC2)C1c1ccccc1C. The normalized spacial score (nSPS) is 24.1. The van der Waals surface area contributed by atoms with Crippen LogP contribution in [-0.2, 0) is 14.3 Å². The van der Waals surface area contributed by atoms with Crippen molar-refractivity contribution in [2.75, 3.05) is 12.9 Å². The molecule has 1 aromatic carbocycles. The molecule has 0 saturated heterocycles. The summed E-state index contributed by atoms with van der Waals surface area (Å²) in [5, 5.41) is 0.0217. The zero-order valence-corrected chi connectivity index (χ0v) is 13.6.